The van der Waals surface area contributed by atoms with E-state index in [2.05, 4.69) is 23.6 Å². The first-order chi connectivity index (χ1) is 7.27. The van der Waals surface area contributed by atoms with Crippen molar-refractivity contribution in [2.45, 2.75) is 19.3 Å². The van der Waals surface area contributed by atoms with Crippen LogP contribution in [-0.4, -0.2) is 18.2 Å². The van der Waals surface area contributed by atoms with Gasteiger partial charge >= 0.3 is 0 Å². The second-order valence-corrected chi connectivity index (χ2v) is 4.04. The molecule has 0 amide bonds. The predicted molar refractivity (Wildman–Crippen MR) is 64.2 cm³/mol. The second-order valence-electron chi connectivity index (χ2n) is 4.04. The average Bonchev–Trinajstić information content (AvgIpc) is 2.30. The fourth-order valence-electron chi connectivity index (χ4n) is 2.02. The quantitative estimate of drug-likeness (QED) is 0.746. The number of hydrogen-bond donors (Lipinski definition) is 1. The van der Waals surface area contributed by atoms with E-state index >= 15 is 0 Å². The number of hydrogen-bond acceptors (Lipinski definition) is 2. The Balaban J connectivity index is 2.11. The molecule has 1 fully saturated rings. The van der Waals surface area contributed by atoms with Crippen molar-refractivity contribution in [3.63, 3.8) is 0 Å². The fourth-order valence-corrected chi connectivity index (χ4v) is 2.02. The summed E-state index contributed by atoms with van der Waals surface area (Å²) < 4.78 is 0. The summed E-state index contributed by atoms with van der Waals surface area (Å²) in [7, 11) is 0. The molecule has 1 heterocycles. The highest BCUT2D eigenvalue weighted by Crippen LogP contribution is 2.21. The van der Waals surface area contributed by atoms with Gasteiger partial charge in [-0.3, -0.25) is 0 Å². The van der Waals surface area contributed by atoms with E-state index in [1.807, 2.05) is 12.1 Å². The minimum Gasteiger partial charge on any atom is -0.508 e. The van der Waals surface area contributed by atoms with Crippen LogP contribution in [-0.2, 0) is 0 Å². The van der Waals surface area contributed by atoms with Crippen LogP contribution in [0.25, 0.3) is 5.76 Å². The molecule has 0 saturated carbocycles. The van der Waals surface area contributed by atoms with Crippen LogP contribution in [0, 0.1) is 0 Å². The Morgan fingerprint density at radius 2 is 1.67 bits per heavy atom. The Morgan fingerprint density at radius 3 is 2.20 bits per heavy atom. The molecule has 1 aliphatic heterocycles. The largest absolute Gasteiger partial charge is 0.508 e. The summed E-state index contributed by atoms with van der Waals surface area (Å²) in [4.78, 5) is 2.40. The van der Waals surface area contributed by atoms with Gasteiger partial charge in [-0.15, -0.1) is 0 Å². The molecule has 0 unspecified atom stereocenters. The first-order valence-electron chi connectivity index (χ1n) is 5.50. The topological polar surface area (TPSA) is 23.5 Å². The van der Waals surface area contributed by atoms with Crippen molar-refractivity contribution in [1.82, 2.24) is 0 Å². The molecule has 1 aromatic carbocycles. The van der Waals surface area contributed by atoms with Gasteiger partial charge in [0.25, 0.3) is 0 Å². The van der Waals surface area contributed by atoms with Crippen LogP contribution in [0.2, 0.25) is 0 Å². The van der Waals surface area contributed by atoms with Crippen molar-refractivity contribution in [2.75, 3.05) is 18.0 Å². The molecule has 2 rings (SSSR count). The van der Waals surface area contributed by atoms with Crippen molar-refractivity contribution in [3.8, 4) is 0 Å². The molecule has 0 bridgehead atoms. The van der Waals surface area contributed by atoms with Gasteiger partial charge in [-0.25, -0.2) is 0 Å². The third kappa shape index (κ3) is 2.32. The maximum absolute atomic E-state index is 9.22. The Kier molecular flexibility index (Phi) is 2.95. The van der Waals surface area contributed by atoms with Crippen LogP contribution in [0.4, 0.5) is 5.69 Å². The lowest BCUT2D eigenvalue weighted by atomic mass is 10.1. The van der Waals surface area contributed by atoms with Gasteiger partial charge in [-0.05, 0) is 43.5 Å². The lowest BCUT2D eigenvalue weighted by molar-refractivity contribution is 0.514. The SMILES string of the molecule is C=C(O)c1ccc(N2CCCCC2)cc1. The molecule has 0 spiro atoms. The number of aliphatic hydroxyl groups is 1. The predicted octanol–water partition coefficient (Wildman–Crippen LogP) is 3.21. The summed E-state index contributed by atoms with van der Waals surface area (Å²) in [6.45, 7) is 5.81. The Bertz CT molecular complexity index is 336. The normalized spacial score (nSPS) is 16.4. The van der Waals surface area contributed by atoms with Crippen LogP contribution >= 0.6 is 0 Å². The number of benzene rings is 1. The molecule has 1 N–H and O–H groups in total. The smallest absolute Gasteiger partial charge is 0.115 e. The maximum Gasteiger partial charge on any atom is 0.115 e. The number of anilines is 1. The summed E-state index contributed by atoms with van der Waals surface area (Å²) in [6, 6.07) is 7.96. The van der Waals surface area contributed by atoms with E-state index in [9.17, 15) is 5.11 Å². The first-order valence-corrected chi connectivity index (χ1v) is 5.50. The molecule has 1 aliphatic rings. The highest BCUT2D eigenvalue weighted by Gasteiger charge is 2.10. The first kappa shape index (κ1) is 10.1. The molecule has 0 aromatic heterocycles. The lowest BCUT2D eigenvalue weighted by Crippen LogP contribution is -2.29. The molecule has 0 radical (unpaired) electrons. The minimum atomic E-state index is 0.139. The third-order valence-electron chi connectivity index (χ3n) is 2.92. The highest BCUT2D eigenvalue weighted by atomic mass is 16.3. The lowest BCUT2D eigenvalue weighted by Gasteiger charge is -2.28. The van der Waals surface area contributed by atoms with Gasteiger partial charge in [0.15, 0.2) is 0 Å². The highest BCUT2D eigenvalue weighted by molar-refractivity contribution is 5.60. The Hall–Kier alpha value is -1.44. The maximum atomic E-state index is 9.22. The van der Waals surface area contributed by atoms with E-state index in [4.69, 9.17) is 0 Å². The van der Waals surface area contributed by atoms with Gasteiger partial charge in [0.2, 0.25) is 0 Å². The summed E-state index contributed by atoms with van der Waals surface area (Å²) in [6.07, 6.45) is 3.92. The van der Waals surface area contributed by atoms with Gasteiger partial charge in [-0.1, -0.05) is 6.58 Å². The van der Waals surface area contributed by atoms with Crippen molar-refractivity contribution in [3.05, 3.63) is 36.4 Å². The summed E-state index contributed by atoms with van der Waals surface area (Å²) in [5.41, 5.74) is 2.05. The zero-order valence-electron chi connectivity index (χ0n) is 8.95. The van der Waals surface area contributed by atoms with Gasteiger partial charge < -0.3 is 10.0 Å². The van der Waals surface area contributed by atoms with Crippen LogP contribution in [0.5, 0.6) is 0 Å². The number of aliphatic hydroxyl groups excluding tert-OH is 1. The number of rotatable bonds is 2. The molecular formula is C13H17NO. The van der Waals surface area contributed by atoms with Gasteiger partial charge in [0.05, 0.1) is 0 Å². The number of nitrogens with zero attached hydrogens (tertiary/aromatic N) is 1. The van der Waals surface area contributed by atoms with E-state index in [0.29, 0.717) is 0 Å². The van der Waals surface area contributed by atoms with Crippen LogP contribution in [0.3, 0.4) is 0 Å². The molecule has 2 nitrogen and oxygen atoms in total. The summed E-state index contributed by atoms with van der Waals surface area (Å²) >= 11 is 0. The Labute approximate surface area is 90.8 Å². The van der Waals surface area contributed by atoms with Crippen molar-refractivity contribution >= 4 is 11.4 Å². The van der Waals surface area contributed by atoms with Gasteiger partial charge in [0.1, 0.15) is 5.76 Å². The third-order valence-corrected chi connectivity index (χ3v) is 2.92. The molecule has 1 saturated heterocycles. The van der Waals surface area contributed by atoms with E-state index in [0.717, 1.165) is 18.7 Å². The average molecular weight is 203 g/mol. The van der Waals surface area contributed by atoms with Crippen LogP contribution < -0.4 is 4.90 Å². The van der Waals surface area contributed by atoms with Crippen molar-refractivity contribution < 1.29 is 5.11 Å². The van der Waals surface area contributed by atoms with Crippen LogP contribution in [0.1, 0.15) is 24.8 Å². The summed E-state index contributed by atoms with van der Waals surface area (Å²) in [5, 5.41) is 9.22. The zero-order chi connectivity index (χ0) is 10.7. The Morgan fingerprint density at radius 1 is 1.07 bits per heavy atom. The summed E-state index contributed by atoms with van der Waals surface area (Å²) in [5.74, 6) is 0.139. The van der Waals surface area contributed by atoms with Crippen molar-refractivity contribution in [1.29, 1.82) is 0 Å². The molecule has 0 atom stereocenters. The minimum absolute atomic E-state index is 0.139. The molecule has 0 aliphatic carbocycles. The van der Waals surface area contributed by atoms with Gasteiger partial charge in [-0.2, -0.15) is 0 Å². The monoisotopic (exact) mass is 203 g/mol. The van der Waals surface area contributed by atoms with Crippen molar-refractivity contribution in [2.24, 2.45) is 0 Å². The second kappa shape index (κ2) is 4.39. The molecular weight excluding hydrogens is 186 g/mol. The van der Waals surface area contributed by atoms with E-state index in [1.165, 1.54) is 24.9 Å². The van der Waals surface area contributed by atoms with Gasteiger partial charge in [0, 0.05) is 24.3 Å². The van der Waals surface area contributed by atoms with E-state index in [1.54, 1.807) is 0 Å². The molecule has 2 heteroatoms. The van der Waals surface area contributed by atoms with E-state index in [-0.39, 0.29) is 5.76 Å². The van der Waals surface area contributed by atoms with E-state index < -0.39 is 0 Å². The zero-order valence-corrected chi connectivity index (χ0v) is 8.95. The standard InChI is InChI=1S/C13H17NO/c1-11(15)12-5-7-13(8-6-12)14-9-3-2-4-10-14/h5-8,15H,1-4,9-10H2. The fraction of sp³-hybridized carbons (Fsp3) is 0.385. The molecule has 15 heavy (non-hydrogen) atoms. The number of piperidine rings is 1. The molecule has 1 aromatic rings. The molecule has 80 valence electrons. The van der Waals surface area contributed by atoms with Crippen LogP contribution in [0.15, 0.2) is 30.8 Å².